The maximum absolute atomic E-state index is 4.29. The second-order valence-electron chi connectivity index (χ2n) is 6.04. The summed E-state index contributed by atoms with van der Waals surface area (Å²) in [4.78, 5) is 6.98. The molecule has 1 N–H and O–H groups in total. The molecule has 0 spiro atoms. The number of pyridine rings is 1. The van der Waals surface area contributed by atoms with E-state index in [1.807, 2.05) is 12.4 Å². The van der Waals surface area contributed by atoms with Crippen LogP contribution in [0.15, 0.2) is 18.5 Å². The average molecular weight is 259 g/mol. The Hall–Kier alpha value is -0.930. The van der Waals surface area contributed by atoms with Crippen LogP contribution in [-0.4, -0.2) is 35.1 Å². The molecule has 0 aromatic carbocycles. The Labute approximate surface area is 116 Å². The molecule has 19 heavy (non-hydrogen) atoms. The zero-order chi connectivity index (χ0) is 13.1. The van der Waals surface area contributed by atoms with Crippen molar-refractivity contribution in [3.8, 4) is 0 Å². The summed E-state index contributed by atoms with van der Waals surface area (Å²) >= 11 is 0. The first-order chi connectivity index (χ1) is 9.34. The highest BCUT2D eigenvalue weighted by Crippen LogP contribution is 2.26. The van der Waals surface area contributed by atoms with E-state index in [4.69, 9.17) is 0 Å². The first-order valence-electron chi connectivity index (χ1n) is 7.71. The molecule has 104 valence electrons. The summed E-state index contributed by atoms with van der Waals surface area (Å²) in [5.41, 5.74) is 2.77. The minimum absolute atomic E-state index is 0.720. The minimum Gasteiger partial charge on any atom is -0.312 e. The van der Waals surface area contributed by atoms with E-state index < -0.39 is 0 Å². The van der Waals surface area contributed by atoms with Crippen molar-refractivity contribution in [3.63, 3.8) is 0 Å². The summed E-state index contributed by atoms with van der Waals surface area (Å²) < 4.78 is 0. The Morgan fingerprint density at radius 2 is 2.26 bits per heavy atom. The van der Waals surface area contributed by atoms with Gasteiger partial charge in [0.25, 0.3) is 0 Å². The van der Waals surface area contributed by atoms with Gasteiger partial charge in [0.05, 0.1) is 0 Å². The molecule has 0 radical (unpaired) electrons. The lowest BCUT2D eigenvalue weighted by Crippen LogP contribution is -2.49. The minimum atomic E-state index is 0.720. The Bertz CT molecular complexity index is 412. The van der Waals surface area contributed by atoms with Gasteiger partial charge in [-0.2, -0.15) is 0 Å². The molecule has 3 heteroatoms. The Balaban J connectivity index is 1.71. The predicted octanol–water partition coefficient (Wildman–Crippen LogP) is 2.50. The van der Waals surface area contributed by atoms with Crippen LogP contribution in [0.2, 0.25) is 0 Å². The smallest absolute Gasteiger partial charge is 0.0315 e. The third kappa shape index (κ3) is 2.98. The quantitative estimate of drug-likeness (QED) is 0.904. The first kappa shape index (κ1) is 13.1. The molecule has 2 aliphatic heterocycles. The van der Waals surface area contributed by atoms with Crippen molar-refractivity contribution < 1.29 is 0 Å². The molecular weight excluding hydrogens is 234 g/mol. The van der Waals surface area contributed by atoms with E-state index in [-0.39, 0.29) is 0 Å². The third-order valence-electron chi connectivity index (χ3n) is 4.75. The van der Waals surface area contributed by atoms with Gasteiger partial charge in [0.1, 0.15) is 0 Å². The van der Waals surface area contributed by atoms with Crippen LogP contribution in [-0.2, 0) is 6.54 Å². The monoisotopic (exact) mass is 259 g/mol. The van der Waals surface area contributed by atoms with E-state index in [1.165, 1.54) is 56.3 Å². The van der Waals surface area contributed by atoms with Crippen LogP contribution < -0.4 is 5.32 Å². The van der Waals surface area contributed by atoms with Gasteiger partial charge in [-0.25, -0.2) is 0 Å². The molecule has 2 saturated heterocycles. The van der Waals surface area contributed by atoms with E-state index in [1.54, 1.807) is 0 Å². The third-order valence-corrected chi connectivity index (χ3v) is 4.75. The summed E-state index contributed by atoms with van der Waals surface area (Å²) in [6.07, 6.45) is 10.7. The largest absolute Gasteiger partial charge is 0.312 e. The molecule has 1 aromatic rings. The zero-order valence-corrected chi connectivity index (χ0v) is 11.9. The Kier molecular flexibility index (Phi) is 4.14. The van der Waals surface area contributed by atoms with Gasteiger partial charge < -0.3 is 5.32 Å². The lowest BCUT2D eigenvalue weighted by molar-refractivity contribution is 0.112. The van der Waals surface area contributed by atoms with Crippen molar-refractivity contribution in [1.29, 1.82) is 0 Å². The highest BCUT2D eigenvalue weighted by Gasteiger charge is 2.31. The molecule has 3 rings (SSSR count). The molecule has 0 aliphatic carbocycles. The summed E-state index contributed by atoms with van der Waals surface area (Å²) in [5.74, 6) is 0. The van der Waals surface area contributed by atoms with Crippen molar-refractivity contribution in [1.82, 2.24) is 15.2 Å². The molecule has 2 aliphatic rings. The molecular formula is C16H25N3. The summed E-state index contributed by atoms with van der Waals surface area (Å²) in [7, 11) is 0. The number of hydrogen-bond donors (Lipinski definition) is 1. The summed E-state index contributed by atoms with van der Waals surface area (Å²) in [6, 6.07) is 3.58. The number of aryl methyl sites for hydroxylation is 1. The number of piperidine rings is 1. The van der Waals surface area contributed by atoms with Crippen molar-refractivity contribution in [3.05, 3.63) is 29.6 Å². The maximum atomic E-state index is 4.29. The van der Waals surface area contributed by atoms with Crippen LogP contribution in [0.1, 0.15) is 43.2 Å². The maximum Gasteiger partial charge on any atom is 0.0315 e. The average Bonchev–Trinajstić information content (AvgIpc) is 2.96. The van der Waals surface area contributed by atoms with Crippen molar-refractivity contribution >= 4 is 0 Å². The molecule has 1 aromatic heterocycles. The van der Waals surface area contributed by atoms with E-state index >= 15 is 0 Å². The van der Waals surface area contributed by atoms with Crippen molar-refractivity contribution in [2.24, 2.45) is 0 Å². The molecule has 2 fully saturated rings. The number of aromatic nitrogens is 1. The molecule has 3 nitrogen and oxygen atoms in total. The molecule has 0 amide bonds. The molecule has 0 saturated carbocycles. The highest BCUT2D eigenvalue weighted by molar-refractivity contribution is 5.21. The van der Waals surface area contributed by atoms with Crippen LogP contribution >= 0.6 is 0 Å². The van der Waals surface area contributed by atoms with Crippen LogP contribution in [0, 0.1) is 6.92 Å². The fraction of sp³-hybridized carbons (Fsp3) is 0.688. The Morgan fingerprint density at radius 1 is 1.32 bits per heavy atom. The van der Waals surface area contributed by atoms with Gasteiger partial charge in [0.2, 0.25) is 0 Å². The van der Waals surface area contributed by atoms with Gasteiger partial charge in [-0.05, 0) is 62.9 Å². The van der Waals surface area contributed by atoms with E-state index in [0.717, 1.165) is 18.6 Å². The molecule has 2 atom stereocenters. The van der Waals surface area contributed by atoms with Gasteiger partial charge in [-0.15, -0.1) is 0 Å². The van der Waals surface area contributed by atoms with E-state index in [2.05, 4.69) is 28.2 Å². The van der Waals surface area contributed by atoms with E-state index in [9.17, 15) is 0 Å². The zero-order valence-electron chi connectivity index (χ0n) is 11.9. The number of likely N-dealkylation sites (tertiary alicyclic amines) is 1. The van der Waals surface area contributed by atoms with Crippen molar-refractivity contribution in [2.45, 2.75) is 57.7 Å². The highest BCUT2D eigenvalue weighted by atomic mass is 15.2. The van der Waals surface area contributed by atoms with Gasteiger partial charge >= 0.3 is 0 Å². The van der Waals surface area contributed by atoms with Crippen LogP contribution in [0.4, 0.5) is 0 Å². The number of rotatable bonds is 3. The molecule has 0 bridgehead atoms. The van der Waals surface area contributed by atoms with Gasteiger partial charge in [0, 0.05) is 31.0 Å². The first-order valence-corrected chi connectivity index (χ1v) is 7.71. The summed E-state index contributed by atoms with van der Waals surface area (Å²) in [6.45, 7) is 5.73. The van der Waals surface area contributed by atoms with Gasteiger partial charge in [0.15, 0.2) is 0 Å². The Morgan fingerprint density at radius 3 is 3.05 bits per heavy atom. The van der Waals surface area contributed by atoms with Gasteiger partial charge in [-0.1, -0.05) is 6.42 Å². The predicted molar refractivity (Wildman–Crippen MR) is 78.0 cm³/mol. The fourth-order valence-electron chi connectivity index (χ4n) is 3.59. The molecule has 3 heterocycles. The summed E-state index contributed by atoms with van der Waals surface area (Å²) in [5, 5.41) is 3.70. The van der Waals surface area contributed by atoms with Crippen LogP contribution in [0.25, 0.3) is 0 Å². The standard InChI is InChI=1S/C16H25N3/c1-13-7-9-17-11-14(13)12-19-10-3-2-6-16(19)15-5-4-8-18-15/h7,9,11,15-16,18H,2-6,8,10,12H2,1H3. The lowest BCUT2D eigenvalue weighted by atomic mass is 9.94. The number of nitrogens with one attached hydrogen (secondary N) is 1. The second kappa shape index (κ2) is 6.02. The topological polar surface area (TPSA) is 28.2 Å². The number of nitrogens with zero attached hydrogens (tertiary/aromatic N) is 2. The van der Waals surface area contributed by atoms with Crippen LogP contribution in [0.3, 0.4) is 0 Å². The van der Waals surface area contributed by atoms with Crippen LogP contribution in [0.5, 0.6) is 0 Å². The van der Waals surface area contributed by atoms with Crippen molar-refractivity contribution in [2.75, 3.05) is 13.1 Å². The number of hydrogen-bond acceptors (Lipinski definition) is 3. The van der Waals surface area contributed by atoms with E-state index in [0.29, 0.717) is 0 Å². The van der Waals surface area contributed by atoms with Gasteiger partial charge in [-0.3, -0.25) is 9.88 Å². The fourth-order valence-corrected chi connectivity index (χ4v) is 3.59. The lowest BCUT2D eigenvalue weighted by Gasteiger charge is -2.39. The second-order valence-corrected chi connectivity index (χ2v) is 6.04. The SMILES string of the molecule is Cc1ccncc1CN1CCCCC1C1CCCN1. The normalized spacial score (nSPS) is 28.7. The molecule has 2 unspecified atom stereocenters.